The smallest absolute Gasteiger partial charge is 0.416 e. The topological polar surface area (TPSA) is 129 Å². The third kappa shape index (κ3) is 6.15. The van der Waals surface area contributed by atoms with E-state index in [0.29, 0.717) is 17.5 Å². The largest absolute Gasteiger partial charge is 0.452 e. The quantitative estimate of drug-likeness (QED) is 0.335. The molecule has 11 heteroatoms. The molecule has 3 aromatic rings. The minimum absolute atomic E-state index is 0.0818. The van der Waals surface area contributed by atoms with Crippen LogP contribution in [0.25, 0.3) is 0 Å². The van der Waals surface area contributed by atoms with Crippen LogP contribution in [0.3, 0.4) is 0 Å². The van der Waals surface area contributed by atoms with E-state index in [-0.39, 0.29) is 25.3 Å². The average molecular weight is 578 g/mol. The highest BCUT2D eigenvalue weighted by atomic mass is 19.1. The fraction of sp³-hybridized carbons (Fsp3) is 0.290. The lowest BCUT2D eigenvalue weighted by Gasteiger charge is -2.29. The molecule has 1 unspecified atom stereocenters. The molecule has 3 aromatic carbocycles. The van der Waals surface area contributed by atoms with Gasteiger partial charge < -0.3 is 15.8 Å². The van der Waals surface area contributed by atoms with Gasteiger partial charge in [-0.1, -0.05) is 54.6 Å². The number of guanidine groups is 1. The zero-order chi connectivity index (χ0) is 30.4. The first-order valence-electron chi connectivity index (χ1n) is 13.5. The number of hydrogen-bond donors (Lipinski definition) is 3. The number of imide groups is 1. The number of rotatable bonds is 10. The van der Waals surface area contributed by atoms with E-state index in [4.69, 9.17) is 15.9 Å². The fourth-order valence-corrected chi connectivity index (χ4v) is 5.17. The average Bonchev–Trinajstić information content (AvgIpc) is 3.24. The maximum atomic E-state index is 13.9. The molecule has 42 heavy (non-hydrogen) atoms. The van der Waals surface area contributed by atoms with Gasteiger partial charge in [-0.2, -0.15) is 0 Å². The maximum Gasteiger partial charge on any atom is 0.416 e. The second-order valence-electron chi connectivity index (χ2n) is 10.2. The Labute approximate surface area is 242 Å². The lowest BCUT2D eigenvalue weighted by Crippen LogP contribution is -2.51. The van der Waals surface area contributed by atoms with Crippen LogP contribution in [-0.2, 0) is 26.3 Å². The van der Waals surface area contributed by atoms with Crippen molar-refractivity contribution in [3.63, 3.8) is 0 Å². The van der Waals surface area contributed by atoms with Crippen LogP contribution in [-0.4, -0.2) is 59.4 Å². The van der Waals surface area contributed by atoms with Gasteiger partial charge in [0.15, 0.2) is 11.5 Å². The van der Waals surface area contributed by atoms with Crippen molar-refractivity contribution in [2.75, 3.05) is 13.7 Å². The Morgan fingerprint density at radius 3 is 2.07 bits per heavy atom. The third-order valence-electron chi connectivity index (χ3n) is 7.37. The Balaban J connectivity index is 1.49. The van der Waals surface area contributed by atoms with E-state index in [1.54, 1.807) is 6.92 Å². The number of benzene rings is 3. The molecule has 1 aliphatic heterocycles. The summed E-state index contributed by atoms with van der Waals surface area (Å²) >= 11 is 0. The molecule has 1 heterocycles. The number of carbonyl (C=O) groups is 3. The highest BCUT2D eigenvalue weighted by Gasteiger charge is 2.52. The van der Waals surface area contributed by atoms with E-state index in [9.17, 15) is 23.2 Å². The Morgan fingerprint density at radius 1 is 1.00 bits per heavy atom. The van der Waals surface area contributed by atoms with Crippen LogP contribution in [0.2, 0.25) is 0 Å². The van der Waals surface area contributed by atoms with Crippen molar-refractivity contribution in [2.24, 2.45) is 5.73 Å². The molecular formula is C31H33F2N5O4. The van der Waals surface area contributed by atoms with E-state index in [2.05, 4.69) is 5.32 Å². The molecule has 1 fully saturated rings. The first kappa shape index (κ1) is 30.3. The van der Waals surface area contributed by atoms with E-state index < -0.39 is 47.2 Å². The summed E-state index contributed by atoms with van der Waals surface area (Å²) < 4.78 is 32.3. The molecule has 4 N–H and O–H groups in total. The summed E-state index contributed by atoms with van der Waals surface area (Å²) in [6.45, 7) is 1.76. The van der Waals surface area contributed by atoms with Crippen molar-refractivity contribution in [3.05, 3.63) is 107 Å². The van der Waals surface area contributed by atoms with Gasteiger partial charge in [0, 0.05) is 12.6 Å². The van der Waals surface area contributed by atoms with Crippen LogP contribution in [0.4, 0.5) is 13.6 Å². The number of hydrogen-bond acceptors (Lipinski definition) is 6. The molecule has 2 atom stereocenters. The minimum atomic E-state index is -1.57. The van der Waals surface area contributed by atoms with E-state index in [1.807, 2.05) is 30.3 Å². The van der Waals surface area contributed by atoms with Crippen LogP contribution in [0.1, 0.15) is 36.5 Å². The van der Waals surface area contributed by atoms with Crippen LogP contribution in [0.5, 0.6) is 0 Å². The molecule has 0 aromatic heterocycles. The molecule has 0 bridgehead atoms. The van der Waals surface area contributed by atoms with Gasteiger partial charge in [0.05, 0.1) is 13.2 Å². The van der Waals surface area contributed by atoms with Gasteiger partial charge in [-0.05, 0) is 67.1 Å². The summed E-state index contributed by atoms with van der Waals surface area (Å²) in [5.74, 6) is -2.26. The number of nitrogens with zero attached hydrogens (tertiary/aromatic N) is 2. The van der Waals surface area contributed by atoms with Crippen LogP contribution >= 0.6 is 0 Å². The molecule has 220 valence electrons. The fourth-order valence-electron chi connectivity index (χ4n) is 5.17. The lowest BCUT2D eigenvalue weighted by atomic mass is 9.82. The summed E-state index contributed by atoms with van der Waals surface area (Å²) in [5.41, 5.74) is 6.22. The van der Waals surface area contributed by atoms with Crippen molar-refractivity contribution in [2.45, 2.75) is 43.8 Å². The zero-order valence-corrected chi connectivity index (χ0v) is 23.3. The molecule has 0 aliphatic carbocycles. The second-order valence-corrected chi connectivity index (χ2v) is 10.2. The third-order valence-corrected chi connectivity index (χ3v) is 7.37. The van der Waals surface area contributed by atoms with Crippen molar-refractivity contribution in [3.8, 4) is 0 Å². The number of amides is 3. The number of carbonyl (C=O) groups excluding carboxylic acids is 3. The Hall–Kier alpha value is -4.64. The summed E-state index contributed by atoms with van der Waals surface area (Å²) in [7, 11) is 1.18. The molecule has 9 nitrogen and oxygen atoms in total. The van der Waals surface area contributed by atoms with E-state index in [1.165, 1.54) is 60.5 Å². The van der Waals surface area contributed by atoms with Gasteiger partial charge in [-0.25, -0.2) is 18.5 Å². The second kappa shape index (κ2) is 12.9. The molecule has 4 rings (SSSR count). The molecule has 0 saturated carbocycles. The highest BCUT2D eigenvalue weighted by molar-refractivity contribution is 6.10. The predicted octanol–water partition coefficient (Wildman–Crippen LogP) is 3.91. The highest BCUT2D eigenvalue weighted by Crippen LogP contribution is 2.36. The summed E-state index contributed by atoms with van der Waals surface area (Å²) in [6, 6.07) is 18.2. The van der Waals surface area contributed by atoms with Crippen molar-refractivity contribution in [1.29, 1.82) is 5.41 Å². The Bertz CT molecular complexity index is 1390. The van der Waals surface area contributed by atoms with E-state index in [0.717, 1.165) is 10.5 Å². The number of halogens is 2. The number of methoxy groups -OCH3 is 1. The van der Waals surface area contributed by atoms with Gasteiger partial charge in [0.2, 0.25) is 5.91 Å². The molecule has 1 saturated heterocycles. The van der Waals surface area contributed by atoms with Gasteiger partial charge in [0.1, 0.15) is 11.6 Å². The summed E-state index contributed by atoms with van der Waals surface area (Å²) in [4.78, 5) is 41.9. The SMILES string of the molecule is COC(=O)N(C(=O)[C@@H](N)Cc1ccccc1)C(C)CCCN1C(=N)NC(c2ccc(F)cc2)(c2ccc(F)cc2)C1=O. The number of nitrogens with two attached hydrogens (primary N) is 1. The van der Waals surface area contributed by atoms with Crippen LogP contribution in [0.15, 0.2) is 78.9 Å². The molecule has 0 radical (unpaired) electrons. The first-order chi connectivity index (χ1) is 20.1. The summed E-state index contributed by atoms with van der Waals surface area (Å²) in [5, 5.41) is 11.5. The summed E-state index contributed by atoms with van der Waals surface area (Å²) in [6.07, 6.45) is -0.000820. The Kier molecular flexibility index (Phi) is 9.31. The van der Waals surface area contributed by atoms with Crippen molar-refractivity contribution >= 4 is 23.9 Å². The first-order valence-corrected chi connectivity index (χ1v) is 13.5. The lowest BCUT2D eigenvalue weighted by molar-refractivity contribution is -0.133. The van der Waals surface area contributed by atoms with Crippen LogP contribution in [0, 0.1) is 17.0 Å². The molecule has 0 spiro atoms. The van der Waals surface area contributed by atoms with E-state index >= 15 is 0 Å². The van der Waals surface area contributed by atoms with Crippen molar-refractivity contribution < 1.29 is 27.9 Å². The van der Waals surface area contributed by atoms with Gasteiger partial charge >= 0.3 is 6.09 Å². The van der Waals surface area contributed by atoms with Gasteiger partial charge in [-0.15, -0.1) is 0 Å². The molecular weight excluding hydrogens is 544 g/mol. The predicted molar refractivity (Wildman–Crippen MR) is 152 cm³/mol. The minimum Gasteiger partial charge on any atom is -0.452 e. The standard InChI is InChI=1S/C31H33F2N5O4/c1-20(38(30(41)42-2)27(39)26(34)19-21-8-4-3-5-9-21)7-6-18-37-28(40)31(36-29(37)35,22-10-14-24(32)15-11-22)23-12-16-25(33)17-13-23/h3-5,8-17,20,26H,6-7,18-19,34H2,1-2H3,(H2,35,36)/t20?,26-/m0/s1. The van der Waals surface area contributed by atoms with Gasteiger partial charge in [-0.3, -0.25) is 19.9 Å². The number of ether oxygens (including phenoxy) is 1. The van der Waals surface area contributed by atoms with Gasteiger partial charge in [0.25, 0.3) is 5.91 Å². The monoisotopic (exact) mass is 577 g/mol. The molecule has 1 aliphatic rings. The molecule has 3 amide bonds. The normalized spacial score (nSPS) is 15.6. The Morgan fingerprint density at radius 2 is 1.55 bits per heavy atom. The number of nitrogens with one attached hydrogen (secondary N) is 2. The van der Waals surface area contributed by atoms with Crippen molar-refractivity contribution in [1.82, 2.24) is 15.1 Å². The van der Waals surface area contributed by atoms with Crippen LogP contribution < -0.4 is 11.1 Å². The maximum absolute atomic E-state index is 13.9. The zero-order valence-electron chi connectivity index (χ0n) is 23.3.